The highest BCUT2D eigenvalue weighted by molar-refractivity contribution is 9.10. The molecule has 0 atom stereocenters. The highest BCUT2D eigenvalue weighted by atomic mass is 79.9. The van der Waals surface area contributed by atoms with E-state index in [4.69, 9.17) is 9.47 Å². The van der Waals surface area contributed by atoms with E-state index in [9.17, 15) is 9.90 Å². The number of halogens is 1. The maximum Gasteiger partial charge on any atom is 0.307 e. The van der Waals surface area contributed by atoms with Crippen molar-refractivity contribution in [2.75, 3.05) is 6.79 Å². The topological polar surface area (TPSA) is 68.7 Å². The maximum absolute atomic E-state index is 11.3. The second-order valence-corrected chi connectivity index (χ2v) is 7.34. The van der Waals surface area contributed by atoms with Gasteiger partial charge in [0.25, 0.3) is 0 Å². The highest BCUT2D eigenvalue weighted by Crippen LogP contribution is 2.39. The number of para-hydroxylation sites is 1. The van der Waals surface area contributed by atoms with Gasteiger partial charge in [0.05, 0.1) is 16.6 Å². The minimum absolute atomic E-state index is 0.110. The molecule has 2 aromatic carbocycles. The van der Waals surface area contributed by atoms with Gasteiger partial charge in [0.1, 0.15) is 5.01 Å². The van der Waals surface area contributed by atoms with Gasteiger partial charge in [-0.1, -0.05) is 28.1 Å². The van der Waals surface area contributed by atoms with Gasteiger partial charge in [-0.2, -0.15) is 0 Å². The smallest absolute Gasteiger partial charge is 0.307 e. The Morgan fingerprint density at radius 3 is 2.80 bits per heavy atom. The molecule has 1 aliphatic heterocycles. The Labute approximate surface area is 155 Å². The number of benzene rings is 2. The van der Waals surface area contributed by atoms with Gasteiger partial charge in [-0.05, 0) is 41.5 Å². The molecule has 126 valence electrons. The third-order valence-electron chi connectivity index (χ3n) is 3.73. The Morgan fingerprint density at radius 1 is 1.28 bits per heavy atom. The zero-order chi connectivity index (χ0) is 17.4. The maximum atomic E-state index is 11.3. The fraction of sp³-hybridized carbons (Fsp3) is 0.111. The summed E-state index contributed by atoms with van der Waals surface area (Å²) in [7, 11) is 0. The molecular formula is C18H12BrNO4S. The summed E-state index contributed by atoms with van der Waals surface area (Å²) in [6, 6.07) is 11.4. The predicted octanol–water partition coefficient (Wildman–Crippen LogP) is 4.80. The predicted molar refractivity (Wildman–Crippen MR) is 100 cm³/mol. The summed E-state index contributed by atoms with van der Waals surface area (Å²) in [6.45, 7) is 0.189. The highest BCUT2D eigenvalue weighted by Gasteiger charge is 2.18. The molecule has 2 heterocycles. The Kier molecular flexibility index (Phi) is 4.19. The van der Waals surface area contributed by atoms with Crippen molar-refractivity contribution in [2.24, 2.45) is 0 Å². The van der Waals surface area contributed by atoms with Gasteiger partial charge in [0, 0.05) is 4.47 Å². The van der Waals surface area contributed by atoms with E-state index < -0.39 is 5.97 Å². The lowest BCUT2D eigenvalue weighted by molar-refractivity contribution is -0.135. The number of nitrogens with zero attached hydrogens (tertiary/aromatic N) is 1. The van der Waals surface area contributed by atoms with E-state index in [1.54, 1.807) is 0 Å². The monoisotopic (exact) mass is 417 g/mol. The Hall–Kier alpha value is -2.38. The van der Waals surface area contributed by atoms with E-state index >= 15 is 0 Å². The van der Waals surface area contributed by atoms with Crippen LogP contribution in [0.15, 0.2) is 40.9 Å². The average Bonchev–Trinajstić information content (AvgIpc) is 3.19. The molecule has 1 aromatic heterocycles. The SMILES string of the molecule is O=C(O)C/C(=C\c1cc2c(cc1Br)OCO2)c1nc2ccccc2s1. The fourth-order valence-electron chi connectivity index (χ4n) is 2.59. The van der Waals surface area contributed by atoms with Crippen LogP contribution in [-0.4, -0.2) is 22.9 Å². The first-order chi connectivity index (χ1) is 12.1. The number of hydrogen-bond donors (Lipinski definition) is 1. The number of fused-ring (bicyclic) bond motifs is 2. The minimum Gasteiger partial charge on any atom is -0.481 e. The standard InChI is InChI=1S/C18H12BrNO4S/c19-12-8-15-14(23-9-24-15)6-10(12)5-11(7-17(21)22)18-20-13-3-1-2-4-16(13)25-18/h1-6,8H,7,9H2,(H,21,22)/b11-5+. The van der Waals surface area contributed by atoms with Crippen LogP contribution in [0.5, 0.6) is 11.5 Å². The Morgan fingerprint density at radius 2 is 2.04 bits per heavy atom. The van der Waals surface area contributed by atoms with Crippen LogP contribution in [0.3, 0.4) is 0 Å². The molecule has 0 amide bonds. The van der Waals surface area contributed by atoms with E-state index in [1.165, 1.54) is 11.3 Å². The molecule has 0 aliphatic carbocycles. The van der Waals surface area contributed by atoms with Crippen LogP contribution in [-0.2, 0) is 4.79 Å². The van der Waals surface area contributed by atoms with Gasteiger partial charge in [0.15, 0.2) is 11.5 Å². The quantitative estimate of drug-likeness (QED) is 0.659. The van der Waals surface area contributed by atoms with Crippen molar-refractivity contribution in [3.8, 4) is 11.5 Å². The molecule has 1 N–H and O–H groups in total. The van der Waals surface area contributed by atoms with Gasteiger partial charge < -0.3 is 14.6 Å². The summed E-state index contributed by atoms with van der Waals surface area (Å²) in [4.78, 5) is 15.9. The lowest BCUT2D eigenvalue weighted by Crippen LogP contribution is -1.97. The Bertz CT molecular complexity index is 978. The van der Waals surface area contributed by atoms with Crippen LogP contribution in [0, 0.1) is 0 Å². The van der Waals surface area contributed by atoms with E-state index in [1.807, 2.05) is 42.5 Å². The number of thiazole rings is 1. The van der Waals surface area contributed by atoms with Gasteiger partial charge >= 0.3 is 5.97 Å². The van der Waals surface area contributed by atoms with E-state index in [0.717, 1.165) is 20.3 Å². The zero-order valence-electron chi connectivity index (χ0n) is 12.9. The van der Waals surface area contributed by atoms with Crippen molar-refractivity contribution in [1.82, 2.24) is 4.98 Å². The normalized spacial score (nSPS) is 13.4. The second kappa shape index (κ2) is 6.50. The van der Waals surface area contributed by atoms with Crippen LogP contribution in [0.25, 0.3) is 21.9 Å². The molecule has 1 aliphatic rings. The van der Waals surface area contributed by atoms with Crippen LogP contribution in [0.1, 0.15) is 17.0 Å². The molecule has 0 fully saturated rings. The van der Waals surface area contributed by atoms with Crippen LogP contribution < -0.4 is 9.47 Å². The number of ether oxygens (including phenoxy) is 2. The molecule has 5 nitrogen and oxygen atoms in total. The molecular weight excluding hydrogens is 406 g/mol. The zero-order valence-corrected chi connectivity index (χ0v) is 15.3. The largest absolute Gasteiger partial charge is 0.481 e. The van der Waals surface area contributed by atoms with Crippen LogP contribution >= 0.6 is 27.3 Å². The van der Waals surface area contributed by atoms with Gasteiger partial charge in [-0.25, -0.2) is 4.98 Å². The second-order valence-electron chi connectivity index (χ2n) is 5.45. The van der Waals surface area contributed by atoms with Crippen LogP contribution in [0.2, 0.25) is 0 Å². The first-order valence-electron chi connectivity index (χ1n) is 7.47. The Balaban J connectivity index is 1.81. The minimum atomic E-state index is -0.901. The third kappa shape index (κ3) is 3.25. The van der Waals surface area contributed by atoms with Gasteiger partial charge in [0.2, 0.25) is 6.79 Å². The first kappa shape index (κ1) is 16.1. The number of carboxylic acid groups (broad SMARTS) is 1. The first-order valence-corrected chi connectivity index (χ1v) is 9.08. The molecule has 0 spiro atoms. The summed E-state index contributed by atoms with van der Waals surface area (Å²) >= 11 is 4.99. The summed E-state index contributed by atoms with van der Waals surface area (Å²) < 4.78 is 12.6. The van der Waals surface area contributed by atoms with Crippen LogP contribution in [0.4, 0.5) is 0 Å². The molecule has 0 unspecified atom stereocenters. The average molecular weight is 418 g/mol. The van der Waals surface area contributed by atoms with Crippen molar-refractivity contribution in [2.45, 2.75) is 6.42 Å². The molecule has 0 radical (unpaired) electrons. The number of rotatable bonds is 4. The number of carbonyl (C=O) groups is 1. The molecule has 7 heteroatoms. The number of aliphatic carboxylic acids is 1. The van der Waals surface area contributed by atoms with Crippen molar-refractivity contribution in [3.63, 3.8) is 0 Å². The van der Waals surface area contributed by atoms with Crippen molar-refractivity contribution < 1.29 is 19.4 Å². The summed E-state index contributed by atoms with van der Waals surface area (Å²) in [5.74, 6) is 0.416. The van der Waals surface area contributed by atoms with E-state index in [-0.39, 0.29) is 13.2 Å². The van der Waals surface area contributed by atoms with Gasteiger partial charge in [-0.3, -0.25) is 4.79 Å². The number of hydrogen-bond acceptors (Lipinski definition) is 5. The summed E-state index contributed by atoms with van der Waals surface area (Å²) in [5, 5.41) is 10.0. The van der Waals surface area contributed by atoms with E-state index in [2.05, 4.69) is 20.9 Å². The third-order valence-corrected chi connectivity index (χ3v) is 5.53. The van der Waals surface area contributed by atoms with Crippen molar-refractivity contribution in [3.05, 3.63) is 51.4 Å². The van der Waals surface area contributed by atoms with Gasteiger partial charge in [-0.15, -0.1) is 11.3 Å². The van der Waals surface area contributed by atoms with Crippen molar-refractivity contribution in [1.29, 1.82) is 0 Å². The molecule has 0 saturated heterocycles. The lowest BCUT2D eigenvalue weighted by atomic mass is 10.1. The van der Waals surface area contributed by atoms with E-state index in [0.29, 0.717) is 22.1 Å². The molecule has 0 bridgehead atoms. The number of carboxylic acids is 1. The molecule has 0 saturated carbocycles. The summed E-state index contributed by atoms with van der Waals surface area (Å²) in [6.07, 6.45) is 1.72. The fourth-order valence-corrected chi connectivity index (χ4v) is 4.01. The lowest BCUT2D eigenvalue weighted by Gasteiger charge is -2.05. The summed E-state index contributed by atoms with van der Waals surface area (Å²) in [5.41, 5.74) is 2.33. The molecule has 4 rings (SSSR count). The molecule has 25 heavy (non-hydrogen) atoms. The number of aromatic nitrogens is 1. The molecule has 3 aromatic rings. The van der Waals surface area contributed by atoms with Crippen molar-refractivity contribution >= 4 is 55.1 Å².